The van der Waals surface area contributed by atoms with Gasteiger partial charge in [0.05, 0.1) is 11.6 Å². The molecule has 2 rings (SSSR count). The number of nitrogens with two attached hydrogens (primary N) is 1. The summed E-state index contributed by atoms with van der Waals surface area (Å²) in [5.41, 5.74) is 0.0852. The van der Waals surface area contributed by atoms with Crippen molar-refractivity contribution in [2.75, 3.05) is 44.7 Å². The lowest BCUT2D eigenvalue weighted by Crippen LogP contribution is -2.49. The normalized spacial score (nSPS) is 16.9. The van der Waals surface area contributed by atoms with Crippen LogP contribution in [0.1, 0.15) is 17.3 Å². The lowest BCUT2D eigenvalue weighted by molar-refractivity contribution is -0.125. The number of nitrogens with one attached hydrogen (secondary N) is 1. The second-order valence-electron chi connectivity index (χ2n) is 6.04. The molecule has 2 amide bonds. The van der Waals surface area contributed by atoms with Gasteiger partial charge in [-0.1, -0.05) is 0 Å². The summed E-state index contributed by atoms with van der Waals surface area (Å²) >= 11 is 1.88. The zero-order chi connectivity index (χ0) is 19.3. The van der Waals surface area contributed by atoms with E-state index in [2.05, 4.69) is 10.2 Å². The van der Waals surface area contributed by atoms with E-state index < -0.39 is 21.0 Å². The number of thioether (sulfide) groups is 1. The fourth-order valence-corrected chi connectivity index (χ4v) is 3.93. The van der Waals surface area contributed by atoms with Crippen molar-refractivity contribution in [3.8, 4) is 0 Å². The molecule has 0 aliphatic carbocycles. The van der Waals surface area contributed by atoms with Crippen LogP contribution in [0.2, 0.25) is 0 Å². The first kappa shape index (κ1) is 20.7. The highest BCUT2D eigenvalue weighted by molar-refractivity contribution is 7.99. The summed E-state index contributed by atoms with van der Waals surface area (Å²) in [6, 6.07) is 0.881. The molecule has 1 aromatic heterocycles. The van der Waals surface area contributed by atoms with Gasteiger partial charge in [-0.2, -0.15) is 11.8 Å². The molecule has 0 aromatic carbocycles. The van der Waals surface area contributed by atoms with Crippen molar-refractivity contribution in [1.82, 2.24) is 15.1 Å². The Morgan fingerprint density at radius 1 is 1.42 bits per heavy atom. The summed E-state index contributed by atoms with van der Waals surface area (Å²) in [5.74, 6) is 1.57. The van der Waals surface area contributed by atoms with Crippen molar-refractivity contribution in [2.45, 2.75) is 18.1 Å². The lowest BCUT2D eigenvalue weighted by atomic mass is 10.2. The third kappa shape index (κ3) is 5.47. The van der Waals surface area contributed by atoms with E-state index in [0.29, 0.717) is 6.54 Å². The van der Waals surface area contributed by atoms with Crippen LogP contribution in [-0.4, -0.2) is 80.8 Å². The van der Waals surface area contributed by atoms with Crippen molar-refractivity contribution in [3.05, 3.63) is 17.9 Å². The molecule has 146 valence electrons. The molecule has 1 atom stereocenters. The topological polar surface area (TPSA) is 126 Å². The average molecular weight is 405 g/mol. The Balaban J connectivity index is 1.80. The minimum absolute atomic E-state index is 0.0717. The zero-order valence-corrected chi connectivity index (χ0v) is 16.4. The molecule has 0 bridgehead atoms. The molecular formula is C15H24N4O5S2. The second kappa shape index (κ2) is 8.89. The lowest BCUT2D eigenvalue weighted by Gasteiger charge is -2.31. The Hall–Kier alpha value is -1.56. The predicted octanol–water partition coefficient (Wildman–Crippen LogP) is -0.447. The highest BCUT2D eigenvalue weighted by Crippen LogP contribution is 2.14. The number of furan rings is 1. The minimum atomic E-state index is -3.99. The van der Waals surface area contributed by atoms with Crippen LogP contribution in [0.4, 0.5) is 0 Å². The highest BCUT2D eigenvalue weighted by atomic mass is 32.2. The first-order valence-corrected chi connectivity index (χ1v) is 10.9. The van der Waals surface area contributed by atoms with Crippen LogP contribution in [0.5, 0.6) is 0 Å². The standard InChI is InChI=1S/C15H24N4O5S2/c1-11(19-5-7-25-8-6-19)14(20)17-3-4-18(2)15(21)12-9-13(24-10-12)26(16,22)23/h9-11H,3-8H2,1-2H3,(H,17,20)(H2,16,22,23). The third-order valence-corrected chi connectivity index (χ3v) is 5.89. The van der Waals surface area contributed by atoms with Crippen molar-refractivity contribution < 1.29 is 22.4 Å². The molecule has 11 heteroatoms. The fraction of sp³-hybridized carbons (Fsp3) is 0.600. The number of hydrogen-bond donors (Lipinski definition) is 2. The van der Waals surface area contributed by atoms with Gasteiger partial charge in [0.2, 0.25) is 11.0 Å². The zero-order valence-electron chi connectivity index (χ0n) is 14.8. The van der Waals surface area contributed by atoms with Crippen molar-refractivity contribution >= 4 is 33.6 Å². The Morgan fingerprint density at radius 3 is 2.65 bits per heavy atom. The van der Waals surface area contributed by atoms with Gasteiger partial charge in [-0.25, -0.2) is 13.6 Å². The minimum Gasteiger partial charge on any atom is -0.451 e. The fourth-order valence-electron chi connectivity index (χ4n) is 2.52. The third-order valence-electron chi connectivity index (χ3n) is 4.17. The van der Waals surface area contributed by atoms with Crippen LogP contribution in [0.15, 0.2) is 21.8 Å². The Morgan fingerprint density at radius 2 is 2.08 bits per heavy atom. The molecule has 1 aliphatic heterocycles. The molecule has 26 heavy (non-hydrogen) atoms. The van der Waals surface area contributed by atoms with Gasteiger partial charge in [0.1, 0.15) is 6.26 Å². The van der Waals surface area contributed by atoms with Crippen LogP contribution in [0, 0.1) is 0 Å². The van der Waals surface area contributed by atoms with Gasteiger partial charge in [0.15, 0.2) is 0 Å². The van der Waals surface area contributed by atoms with Crippen LogP contribution < -0.4 is 10.5 Å². The molecule has 1 fully saturated rings. The Kier molecular flexibility index (Phi) is 7.09. The molecule has 1 unspecified atom stereocenters. The van der Waals surface area contributed by atoms with Crippen LogP contribution in [-0.2, 0) is 14.8 Å². The van der Waals surface area contributed by atoms with Gasteiger partial charge in [-0.05, 0) is 6.92 Å². The number of likely N-dealkylation sites (N-methyl/N-ethyl adjacent to an activating group) is 1. The van der Waals surface area contributed by atoms with Gasteiger partial charge in [0, 0.05) is 50.8 Å². The molecular weight excluding hydrogens is 380 g/mol. The number of rotatable bonds is 7. The molecule has 2 heterocycles. The number of sulfonamides is 1. The van der Waals surface area contributed by atoms with Gasteiger partial charge in [-0.3, -0.25) is 14.5 Å². The maximum atomic E-state index is 12.2. The SMILES string of the molecule is CC(C(=O)NCCN(C)C(=O)c1coc(S(N)(=O)=O)c1)N1CCSCC1. The summed E-state index contributed by atoms with van der Waals surface area (Å²) < 4.78 is 27.2. The smallest absolute Gasteiger partial charge is 0.271 e. The highest BCUT2D eigenvalue weighted by Gasteiger charge is 2.23. The molecule has 1 saturated heterocycles. The summed E-state index contributed by atoms with van der Waals surface area (Å²) in [5, 5.41) is 7.31. The van der Waals surface area contributed by atoms with Crippen molar-refractivity contribution in [2.24, 2.45) is 5.14 Å². The van der Waals surface area contributed by atoms with Crippen molar-refractivity contribution in [1.29, 1.82) is 0 Å². The van der Waals surface area contributed by atoms with E-state index >= 15 is 0 Å². The first-order chi connectivity index (χ1) is 12.2. The van der Waals surface area contributed by atoms with E-state index in [1.54, 1.807) is 7.05 Å². The summed E-state index contributed by atoms with van der Waals surface area (Å²) in [7, 11) is -2.43. The molecule has 9 nitrogen and oxygen atoms in total. The van der Waals surface area contributed by atoms with E-state index in [9.17, 15) is 18.0 Å². The molecule has 0 saturated carbocycles. The number of amides is 2. The van der Waals surface area contributed by atoms with Gasteiger partial charge >= 0.3 is 0 Å². The van der Waals surface area contributed by atoms with E-state index in [4.69, 9.17) is 9.56 Å². The van der Waals surface area contributed by atoms with Crippen molar-refractivity contribution in [3.63, 3.8) is 0 Å². The van der Waals surface area contributed by atoms with Crippen LogP contribution >= 0.6 is 11.8 Å². The van der Waals surface area contributed by atoms with E-state index in [0.717, 1.165) is 36.9 Å². The Labute approximate surface area is 157 Å². The number of primary sulfonamides is 1. The van der Waals surface area contributed by atoms with E-state index in [-0.39, 0.29) is 24.1 Å². The maximum Gasteiger partial charge on any atom is 0.271 e. The summed E-state index contributed by atoms with van der Waals surface area (Å²) in [4.78, 5) is 28.0. The number of carbonyl (C=O) groups is 2. The number of hydrogen-bond acceptors (Lipinski definition) is 7. The largest absolute Gasteiger partial charge is 0.451 e. The van der Waals surface area contributed by atoms with Crippen LogP contribution in [0.25, 0.3) is 0 Å². The second-order valence-corrected chi connectivity index (χ2v) is 8.76. The van der Waals surface area contributed by atoms with E-state index in [1.807, 2.05) is 18.7 Å². The number of carbonyl (C=O) groups excluding carboxylic acids is 2. The van der Waals surface area contributed by atoms with Gasteiger partial charge in [-0.15, -0.1) is 0 Å². The average Bonchev–Trinajstić information content (AvgIpc) is 3.11. The van der Waals surface area contributed by atoms with Gasteiger partial charge in [0.25, 0.3) is 15.9 Å². The molecule has 3 N–H and O–H groups in total. The molecule has 1 aromatic rings. The quantitative estimate of drug-likeness (QED) is 0.630. The van der Waals surface area contributed by atoms with Gasteiger partial charge < -0.3 is 14.6 Å². The monoisotopic (exact) mass is 404 g/mol. The molecule has 0 spiro atoms. The maximum absolute atomic E-state index is 12.2. The summed E-state index contributed by atoms with van der Waals surface area (Å²) in [6.07, 6.45) is 1.05. The molecule has 0 radical (unpaired) electrons. The molecule has 1 aliphatic rings. The summed E-state index contributed by atoms with van der Waals surface area (Å²) in [6.45, 7) is 4.24. The first-order valence-electron chi connectivity index (χ1n) is 8.16. The number of nitrogens with zero attached hydrogens (tertiary/aromatic N) is 2. The predicted molar refractivity (Wildman–Crippen MR) is 98.4 cm³/mol. The Bertz CT molecular complexity index is 743. The van der Waals surface area contributed by atoms with E-state index in [1.165, 1.54) is 4.90 Å². The van der Waals surface area contributed by atoms with Crippen LogP contribution in [0.3, 0.4) is 0 Å².